The van der Waals surface area contributed by atoms with E-state index in [-0.39, 0.29) is 0 Å². The van der Waals surface area contributed by atoms with Crippen LogP contribution in [0.1, 0.15) is 5.69 Å². The van der Waals surface area contributed by atoms with Crippen molar-refractivity contribution in [2.75, 3.05) is 0 Å². The number of aromatic nitrogens is 2. The van der Waals surface area contributed by atoms with Crippen molar-refractivity contribution in [1.29, 1.82) is 26.3 Å². The van der Waals surface area contributed by atoms with Crippen LogP contribution in [0, 0.1) is 56.7 Å². The third-order valence-electron chi connectivity index (χ3n) is 2.99. The van der Waals surface area contributed by atoms with E-state index in [4.69, 9.17) is 26.3 Å². The lowest BCUT2D eigenvalue weighted by atomic mass is 9.98. The fourth-order valence-electron chi connectivity index (χ4n) is 1.74. The molecule has 1 aliphatic heterocycles. The summed E-state index contributed by atoms with van der Waals surface area (Å²) in [6.07, 6.45) is 1.65. The molecule has 0 radical (unpaired) electrons. The van der Waals surface area contributed by atoms with Crippen molar-refractivity contribution in [2.45, 2.75) is 11.2 Å². The molecule has 0 unspecified atom stereocenters. The summed E-state index contributed by atoms with van der Waals surface area (Å²) in [6, 6.07) is 13.4. The molecule has 2 aromatic rings. The van der Waals surface area contributed by atoms with Gasteiger partial charge in [0.15, 0.2) is 0 Å². The van der Waals surface area contributed by atoms with Crippen LogP contribution in [-0.4, -0.2) is 20.8 Å². The Bertz CT molecular complexity index is 926. The van der Waals surface area contributed by atoms with Gasteiger partial charge in [-0.1, -0.05) is 0 Å². The highest BCUT2D eigenvalue weighted by atomic mass is 79.9. The first-order chi connectivity index (χ1) is 11.0. The zero-order valence-corrected chi connectivity index (χ0v) is 12.8. The molecule has 0 saturated carbocycles. The first kappa shape index (κ1) is 16.0. The lowest BCUT2D eigenvalue weighted by molar-refractivity contribution is 0.361. The standard InChI is InChI=1S/C8H4BrN3.C6N4O/c9-7-4-6(5-10)12-8(7)2-1-3-11-12;7-1-5(2-8)6(3-9,4-10)11-5/h1-4H;. The Hall–Kier alpha value is -3.42. The van der Waals surface area contributed by atoms with Gasteiger partial charge in [-0.15, -0.1) is 0 Å². The van der Waals surface area contributed by atoms with Crippen LogP contribution in [-0.2, 0) is 4.74 Å². The molecule has 0 bridgehead atoms. The second kappa shape index (κ2) is 5.76. The fourth-order valence-corrected chi connectivity index (χ4v) is 2.26. The molecule has 2 aromatic heterocycles. The van der Waals surface area contributed by atoms with E-state index in [1.54, 1.807) is 16.8 Å². The first-order valence-corrected chi connectivity index (χ1v) is 6.70. The van der Waals surface area contributed by atoms with E-state index in [9.17, 15) is 0 Å². The number of hydrogen-bond acceptors (Lipinski definition) is 7. The summed E-state index contributed by atoms with van der Waals surface area (Å²) in [4.78, 5) is 0. The Kier molecular flexibility index (Phi) is 4.00. The average molecular weight is 366 g/mol. The summed E-state index contributed by atoms with van der Waals surface area (Å²) in [5, 5.41) is 46.2. The maximum atomic E-state index is 8.72. The molecule has 3 rings (SSSR count). The number of epoxide rings is 1. The highest BCUT2D eigenvalue weighted by molar-refractivity contribution is 9.10. The molecule has 108 valence electrons. The number of rotatable bonds is 0. The van der Waals surface area contributed by atoms with Gasteiger partial charge in [0.2, 0.25) is 0 Å². The molecule has 0 N–H and O–H groups in total. The van der Waals surface area contributed by atoms with E-state index in [0.29, 0.717) is 5.69 Å². The summed E-state index contributed by atoms with van der Waals surface area (Å²) in [5.74, 6) is 0. The van der Waals surface area contributed by atoms with Crippen molar-refractivity contribution >= 4 is 21.4 Å². The van der Waals surface area contributed by atoms with Crippen LogP contribution in [0.3, 0.4) is 0 Å². The van der Waals surface area contributed by atoms with Crippen molar-refractivity contribution in [3.63, 3.8) is 0 Å². The summed E-state index contributed by atoms with van der Waals surface area (Å²) in [6.45, 7) is 0. The molecule has 1 fully saturated rings. The van der Waals surface area contributed by atoms with Crippen LogP contribution in [0.15, 0.2) is 28.9 Å². The largest absolute Gasteiger partial charge is 0.305 e. The van der Waals surface area contributed by atoms with Crippen molar-refractivity contribution in [1.82, 2.24) is 9.61 Å². The van der Waals surface area contributed by atoms with Gasteiger partial charge < -0.3 is 4.74 Å². The van der Waals surface area contributed by atoms with Crippen molar-refractivity contribution < 1.29 is 4.74 Å². The van der Waals surface area contributed by atoms with Gasteiger partial charge in [-0.3, -0.25) is 0 Å². The van der Waals surface area contributed by atoms with Crippen molar-refractivity contribution in [3.05, 3.63) is 34.6 Å². The quantitative estimate of drug-likeness (QED) is 0.642. The van der Waals surface area contributed by atoms with E-state index in [1.165, 1.54) is 24.3 Å². The van der Waals surface area contributed by atoms with Gasteiger partial charge in [0.25, 0.3) is 11.2 Å². The number of fused-ring (bicyclic) bond motifs is 1. The summed E-state index contributed by atoms with van der Waals surface area (Å²) < 4.78 is 6.94. The Morgan fingerprint density at radius 2 is 1.61 bits per heavy atom. The second-order valence-corrected chi connectivity index (χ2v) is 5.08. The Labute approximate surface area is 138 Å². The molecule has 0 amide bonds. The molecule has 1 aliphatic rings. The predicted molar refractivity (Wildman–Crippen MR) is 76.6 cm³/mol. The van der Waals surface area contributed by atoms with Crippen LogP contribution < -0.4 is 0 Å². The zero-order chi connectivity index (χ0) is 17.1. The summed E-state index contributed by atoms with van der Waals surface area (Å²) in [7, 11) is 0. The van der Waals surface area contributed by atoms with Gasteiger partial charge in [-0.25, -0.2) is 4.52 Å². The fraction of sp³-hybridized carbons (Fsp3) is 0.143. The molecule has 0 aromatic carbocycles. The van der Waals surface area contributed by atoms with Gasteiger partial charge in [0.05, 0.1) is 5.52 Å². The highest BCUT2D eigenvalue weighted by Crippen LogP contribution is 2.46. The van der Waals surface area contributed by atoms with E-state index in [1.807, 2.05) is 12.1 Å². The van der Waals surface area contributed by atoms with Gasteiger partial charge in [-0.05, 0) is 34.1 Å². The molecule has 3 heterocycles. The normalized spacial score (nSPS) is 15.5. The Morgan fingerprint density at radius 1 is 1.04 bits per heavy atom. The number of halogens is 1. The van der Waals surface area contributed by atoms with E-state index in [0.717, 1.165) is 9.99 Å². The molecular formula is C14H4BrN7O. The third-order valence-corrected chi connectivity index (χ3v) is 3.63. The lowest BCUT2D eigenvalue weighted by Gasteiger charge is -1.91. The minimum absolute atomic E-state index is 0.539. The molecule has 0 spiro atoms. The van der Waals surface area contributed by atoms with Gasteiger partial charge in [0.1, 0.15) is 36.0 Å². The Morgan fingerprint density at radius 3 is 2.04 bits per heavy atom. The molecular weight excluding hydrogens is 362 g/mol. The second-order valence-electron chi connectivity index (χ2n) is 4.22. The Balaban J connectivity index is 0.000000168. The number of nitriles is 5. The third kappa shape index (κ3) is 2.35. The van der Waals surface area contributed by atoms with Crippen LogP contribution in [0.25, 0.3) is 5.52 Å². The number of ether oxygens (including phenoxy) is 1. The molecule has 9 heteroatoms. The van der Waals surface area contributed by atoms with Gasteiger partial charge in [-0.2, -0.15) is 31.4 Å². The van der Waals surface area contributed by atoms with Gasteiger partial charge in [0, 0.05) is 10.7 Å². The zero-order valence-electron chi connectivity index (χ0n) is 11.2. The molecule has 1 saturated heterocycles. The predicted octanol–water partition coefficient (Wildman–Crippen LogP) is 1.56. The van der Waals surface area contributed by atoms with Crippen molar-refractivity contribution in [2.24, 2.45) is 0 Å². The lowest BCUT2D eigenvalue weighted by Crippen LogP contribution is -2.19. The molecule has 0 atom stereocenters. The minimum atomic E-state index is -1.86. The van der Waals surface area contributed by atoms with E-state index in [2.05, 4.69) is 31.8 Å². The molecule has 23 heavy (non-hydrogen) atoms. The average Bonchev–Trinajstić information content (AvgIpc) is 3.18. The van der Waals surface area contributed by atoms with Crippen LogP contribution in [0.5, 0.6) is 0 Å². The molecule has 0 aliphatic carbocycles. The smallest absolute Gasteiger partial charge is 0.300 e. The molecule has 8 nitrogen and oxygen atoms in total. The van der Waals surface area contributed by atoms with Crippen LogP contribution in [0.4, 0.5) is 0 Å². The topological polar surface area (TPSA) is 149 Å². The SMILES string of the molecule is N#CC1(C#N)OC1(C#N)C#N.N#Cc1cc(Br)c2cccnn12. The minimum Gasteiger partial charge on any atom is -0.305 e. The highest BCUT2D eigenvalue weighted by Gasteiger charge is 2.75. The maximum absolute atomic E-state index is 8.72. The summed E-state index contributed by atoms with van der Waals surface area (Å²) in [5.41, 5.74) is -2.28. The van der Waals surface area contributed by atoms with Gasteiger partial charge >= 0.3 is 0 Å². The van der Waals surface area contributed by atoms with E-state index < -0.39 is 11.2 Å². The first-order valence-electron chi connectivity index (χ1n) is 5.90. The van der Waals surface area contributed by atoms with Crippen LogP contribution in [0.2, 0.25) is 0 Å². The summed E-state index contributed by atoms with van der Waals surface area (Å²) >= 11 is 3.35. The monoisotopic (exact) mass is 365 g/mol. The maximum Gasteiger partial charge on any atom is 0.300 e. The van der Waals surface area contributed by atoms with E-state index >= 15 is 0 Å². The number of hydrogen-bond donors (Lipinski definition) is 0. The van der Waals surface area contributed by atoms with Crippen LogP contribution >= 0.6 is 15.9 Å². The van der Waals surface area contributed by atoms with Crippen molar-refractivity contribution in [3.8, 4) is 30.3 Å². The number of nitrogens with zero attached hydrogens (tertiary/aromatic N) is 7.